The molecule has 1 rings (SSSR count). The van der Waals surface area contributed by atoms with Crippen LogP contribution in [-0.2, 0) is 4.79 Å². The van der Waals surface area contributed by atoms with Crippen molar-refractivity contribution in [1.29, 1.82) is 5.26 Å². The summed E-state index contributed by atoms with van der Waals surface area (Å²) >= 11 is 0. The molecule has 0 bridgehead atoms. The molecular weight excluding hydrogens is 176 g/mol. The van der Waals surface area contributed by atoms with Gasteiger partial charge in [-0.2, -0.15) is 5.26 Å². The fourth-order valence-corrected chi connectivity index (χ4v) is 1.48. The third-order valence-electron chi connectivity index (χ3n) is 2.13. The number of carbonyl (C=O) groups is 1. The van der Waals surface area contributed by atoms with E-state index in [0.29, 0.717) is 0 Å². The van der Waals surface area contributed by atoms with Gasteiger partial charge in [-0.1, -0.05) is 12.2 Å². The van der Waals surface area contributed by atoms with Gasteiger partial charge < -0.3 is 4.90 Å². The lowest BCUT2D eigenvalue weighted by Gasteiger charge is -2.13. The van der Waals surface area contributed by atoms with Gasteiger partial charge in [0.15, 0.2) is 0 Å². The maximum Gasteiger partial charge on any atom is 0.264 e. The number of carbonyl (C=O) groups excluding carboxylic acids is 1. The molecule has 3 nitrogen and oxygen atoms in total. The summed E-state index contributed by atoms with van der Waals surface area (Å²) in [7, 11) is 0. The Balaban J connectivity index is 2.75. The van der Waals surface area contributed by atoms with E-state index in [2.05, 4.69) is 6.58 Å². The number of allylic oxidation sites excluding steroid dienone is 2. The number of likely N-dealkylation sites (tertiary alicyclic amines) is 1. The lowest BCUT2D eigenvalue weighted by molar-refractivity contribution is -0.125. The van der Waals surface area contributed by atoms with Crippen LogP contribution in [0, 0.1) is 11.3 Å². The minimum atomic E-state index is -0.159. The lowest BCUT2D eigenvalue weighted by atomic mass is 10.2. The fraction of sp³-hybridized carbons (Fsp3) is 0.455. The monoisotopic (exact) mass is 190 g/mol. The standard InChI is InChI=1S/C11H14N2O/c1-9(2)7-10(8-12)11(14)13-5-3-4-6-13/h7H,1,3-6H2,2H3. The van der Waals surface area contributed by atoms with Gasteiger partial charge in [0, 0.05) is 13.1 Å². The van der Waals surface area contributed by atoms with E-state index in [9.17, 15) is 4.79 Å². The summed E-state index contributed by atoms with van der Waals surface area (Å²) in [6.07, 6.45) is 3.62. The van der Waals surface area contributed by atoms with Crippen molar-refractivity contribution >= 4 is 5.91 Å². The van der Waals surface area contributed by atoms with Crippen LogP contribution in [0.2, 0.25) is 0 Å². The molecule has 1 fully saturated rings. The van der Waals surface area contributed by atoms with Crippen molar-refractivity contribution in [2.45, 2.75) is 19.8 Å². The minimum absolute atomic E-state index is 0.159. The molecule has 1 aliphatic rings. The van der Waals surface area contributed by atoms with E-state index in [1.165, 1.54) is 0 Å². The zero-order valence-electron chi connectivity index (χ0n) is 8.42. The first-order valence-electron chi connectivity index (χ1n) is 4.71. The fourth-order valence-electron chi connectivity index (χ4n) is 1.48. The highest BCUT2D eigenvalue weighted by atomic mass is 16.2. The number of nitriles is 1. The van der Waals surface area contributed by atoms with Crippen LogP contribution in [0.3, 0.4) is 0 Å². The van der Waals surface area contributed by atoms with E-state index < -0.39 is 0 Å². The van der Waals surface area contributed by atoms with Crippen LogP contribution < -0.4 is 0 Å². The highest BCUT2D eigenvalue weighted by Crippen LogP contribution is 2.12. The highest BCUT2D eigenvalue weighted by Gasteiger charge is 2.20. The molecule has 1 saturated heterocycles. The Morgan fingerprint density at radius 2 is 2.07 bits per heavy atom. The molecule has 0 aliphatic carbocycles. The Morgan fingerprint density at radius 3 is 2.50 bits per heavy atom. The van der Waals surface area contributed by atoms with E-state index >= 15 is 0 Å². The highest BCUT2D eigenvalue weighted by molar-refractivity contribution is 5.97. The van der Waals surface area contributed by atoms with Crippen molar-refractivity contribution in [2.75, 3.05) is 13.1 Å². The molecule has 0 spiro atoms. The van der Waals surface area contributed by atoms with Crippen LogP contribution in [0.15, 0.2) is 23.8 Å². The van der Waals surface area contributed by atoms with Crippen LogP contribution in [0.4, 0.5) is 0 Å². The quantitative estimate of drug-likeness (QED) is 0.377. The van der Waals surface area contributed by atoms with E-state index in [0.717, 1.165) is 31.5 Å². The molecule has 0 radical (unpaired) electrons. The van der Waals surface area contributed by atoms with Gasteiger partial charge >= 0.3 is 0 Å². The van der Waals surface area contributed by atoms with Crippen LogP contribution >= 0.6 is 0 Å². The molecule has 0 saturated carbocycles. The van der Waals surface area contributed by atoms with Crippen molar-refractivity contribution < 1.29 is 4.79 Å². The predicted molar refractivity (Wildman–Crippen MR) is 54.3 cm³/mol. The minimum Gasteiger partial charge on any atom is -0.338 e. The molecule has 1 heterocycles. The molecular formula is C11H14N2O. The van der Waals surface area contributed by atoms with E-state index in [1.807, 2.05) is 6.07 Å². The van der Waals surface area contributed by atoms with E-state index in [-0.39, 0.29) is 11.5 Å². The molecule has 3 heteroatoms. The molecule has 74 valence electrons. The second-order valence-corrected chi connectivity index (χ2v) is 3.52. The molecule has 1 amide bonds. The van der Waals surface area contributed by atoms with Gasteiger partial charge in [0.2, 0.25) is 0 Å². The van der Waals surface area contributed by atoms with Crippen LogP contribution in [0.5, 0.6) is 0 Å². The second-order valence-electron chi connectivity index (χ2n) is 3.52. The lowest BCUT2D eigenvalue weighted by Crippen LogP contribution is -2.28. The number of amides is 1. The normalized spacial score (nSPS) is 16.6. The van der Waals surface area contributed by atoms with Gasteiger partial charge in [0.05, 0.1) is 0 Å². The topological polar surface area (TPSA) is 44.1 Å². The zero-order chi connectivity index (χ0) is 10.6. The number of rotatable bonds is 2. The average Bonchev–Trinajstić information content (AvgIpc) is 2.65. The largest absolute Gasteiger partial charge is 0.338 e. The van der Waals surface area contributed by atoms with Gasteiger partial charge in [-0.25, -0.2) is 0 Å². The Kier molecular flexibility index (Phi) is 3.47. The summed E-state index contributed by atoms with van der Waals surface area (Å²) in [5.74, 6) is -0.159. The van der Waals surface area contributed by atoms with Gasteiger partial charge in [-0.3, -0.25) is 4.79 Å². The van der Waals surface area contributed by atoms with E-state index in [4.69, 9.17) is 5.26 Å². The third kappa shape index (κ3) is 2.46. The summed E-state index contributed by atoms with van der Waals surface area (Å²) in [6, 6.07) is 1.92. The first kappa shape index (κ1) is 10.5. The Hall–Kier alpha value is -1.56. The molecule has 0 atom stereocenters. The number of nitrogens with zero attached hydrogens (tertiary/aromatic N) is 2. The van der Waals surface area contributed by atoms with Crippen molar-refractivity contribution in [1.82, 2.24) is 4.90 Å². The summed E-state index contributed by atoms with van der Waals surface area (Å²) in [5, 5.41) is 8.80. The zero-order valence-corrected chi connectivity index (χ0v) is 8.42. The maximum atomic E-state index is 11.7. The number of hydrogen-bond acceptors (Lipinski definition) is 2. The Morgan fingerprint density at radius 1 is 1.50 bits per heavy atom. The van der Waals surface area contributed by atoms with Crippen LogP contribution in [0.1, 0.15) is 19.8 Å². The van der Waals surface area contributed by atoms with Crippen molar-refractivity contribution in [2.24, 2.45) is 0 Å². The third-order valence-corrected chi connectivity index (χ3v) is 2.13. The maximum absolute atomic E-state index is 11.7. The Bertz CT molecular complexity index is 317. The molecule has 0 aromatic rings. The number of hydrogen-bond donors (Lipinski definition) is 0. The molecule has 0 unspecified atom stereocenters. The summed E-state index contributed by atoms with van der Waals surface area (Å²) in [5.41, 5.74) is 0.925. The molecule has 1 aliphatic heterocycles. The van der Waals surface area contributed by atoms with Crippen molar-refractivity contribution in [3.05, 3.63) is 23.8 Å². The SMILES string of the molecule is C=C(C)C=C(C#N)C(=O)N1CCCC1. The molecule has 14 heavy (non-hydrogen) atoms. The van der Waals surface area contributed by atoms with Gasteiger partial charge in [-0.15, -0.1) is 0 Å². The van der Waals surface area contributed by atoms with Crippen molar-refractivity contribution in [3.8, 4) is 6.07 Å². The predicted octanol–water partition coefficient (Wildman–Crippen LogP) is 1.63. The molecule has 0 aromatic carbocycles. The summed E-state index contributed by atoms with van der Waals surface area (Å²) < 4.78 is 0. The molecule has 0 N–H and O–H groups in total. The van der Waals surface area contributed by atoms with Crippen LogP contribution in [-0.4, -0.2) is 23.9 Å². The smallest absolute Gasteiger partial charge is 0.264 e. The molecule has 0 aromatic heterocycles. The van der Waals surface area contributed by atoms with Gasteiger partial charge in [0.1, 0.15) is 11.6 Å². The van der Waals surface area contributed by atoms with E-state index in [1.54, 1.807) is 17.9 Å². The van der Waals surface area contributed by atoms with Gasteiger partial charge in [-0.05, 0) is 25.8 Å². The average molecular weight is 190 g/mol. The van der Waals surface area contributed by atoms with Crippen molar-refractivity contribution in [3.63, 3.8) is 0 Å². The first-order chi connectivity index (χ1) is 6.65. The summed E-state index contributed by atoms with van der Waals surface area (Å²) in [6.45, 7) is 6.97. The second kappa shape index (κ2) is 4.61. The van der Waals surface area contributed by atoms with Crippen LogP contribution in [0.25, 0.3) is 0 Å². The van der Waals surface area contributed by atoms with Gasteiger partial charge in [0.25, 0.3) is 5.91 Å². The first-order valence-corrected chi connectivity index (χ1v) is 4.71. The summed E-state index contributed by atoms with van der Waals surface area (Å²) in [4.78, 5) is 13.4. The Labute approximate surface area is 84.3 Å².